The van der Waals surface area contributed by atoms with E-state index in [2.05, 4.69) is 31.6 Å². The normalized spacial score (nSPS) is 20.9. The van der Waals surface area contributed by atoms with Gasteiger partial charge in [-0.25, -0.2) is 4.68 Å². The number of aromatic nitrogens is 3. The molecule has 1 aliphatic rings. The van der Waals surface area contributed by atoms with Gasteiger partial charge in [0.1, 0.15) is 0 Å². The highest BCUT2D eigenvalue weighted by Gasteiger charge is 2.43. The first-order valence-corrected chi connectivity index (χ1v) is 6.79. The predicted molar refractivity (Wildman–Crippen MR) is 70.3 cm³/mol. The van der Waals surface area contributed by atoms with Gasteiger partial charge in [0, 0.05) is 40.2 Å². The quantitative estimate of drug-likeness (QED) is 0.898. The van der Waals surface area contributed by atoms with Crippen molar-refractivity contribution in [3.05, 3.63) is 10.3 Å². The van der Waals surface area contributed by atoms with Crippen molar-refractivity contribution in [1.29, 1.82) is 0 Å². The number of hydrogen-bond acceptors (Lipinski definition) is 5. The maximum absolute atomic E-state index is 5.83. The smallest absolute Gasteiger partial charge is 0.153 e. The molecule has 2 rings (SSSR count). The number of rotatable bonds is 4. The standard InChI is InChI=1S/C11H19BrN4O2/c1-13-9(8-10(12)14-15-16(8)2)11(17-3)4-6-18-7-5-11/h9,13H,4-7H2,1-3H3. The number of halogens is 1. The Kier molecular flexibility index (Phi) is 4.37. The van der Waals surface area contributed by atoms with E-state index in [0.717, 1.165) is 36.4 Å². The molecule has 0 spiro atoms. The van der Waals surface area contributed by atoms with Crippen molar-refractivity contribution >= 4 is 15.9 Å². The first kappa shape index (κ1) is 13.9. The summed E-state index contributed by atoms with van der Waals surface area (Å²) in [4.78, 5) is 0. The van der Waals surface area contributed by atoms with Crippen LogP contribution in [0.15, 0.2) is 4.60 Å². The van der Waals surface area contributed by atoms with Gasteiger partial charge in [-0.2, -0.15) is 0 Å². The van der Waals surface area contributed by atoms with Gasteiger partial charge < -0.3 is 14.8 Å². The lowest BCUT2D eigenvalue weighted by molar-refractivity contribution is -0.111. The van der Waals surface area contributed by atoms with Crippen LogP contribution in [0.25, 0.3) is 0 Å². The summed E-state index contributed by atoms with van der Waals surface area (Å²) < 4.78 is 13.8. The van der Waals surface area contributed by atoms with E-state index in [1.165, 1.54) is 0 Å². The zero-order chi connectivity index (χ0) is 13.2. The van der Waals surface area contributed by atoms with Crippen molar-refractivity contribution in [2.24, 2.45) is 7.05 Å². The number of nitrogens with one attached hydrogen (secondary N) is 1. The molecule has 1 fully saturated rings. The van der Waals surface area contributed by atoms with Crippen molar-refractivity contribution in [2.45, 2.75) is 24.5 Å². The Morgan fingerprint density at radius 3 is 2.61 bits per heavy atom. The average Bonchev–Trinajstić information content (AvgIpc) is 2.73. The largest absolute Gasteiger partial charge is 0.381 e. The summed E-state index contributed by atoms with van der Waals surface area (Å²) in [5.41, 5.74) is 0.728. The Hall–Kier alpha value is -0.500. The van der Waals surface area contributed by atoms with Gasteiger partial charge in [0.2, 0.25) is 0 Å². The second-order valence-corrected chi connectivity index (χ2v) is 5.24. The summed E-state index contributed by atoms with van der Waals surface area (Å²) in [7, 11) is 5.58. The van der Waals surface area contributed by atoms with Crippen LogP contribution >= 0.6 is 15.9 Å². The zero-order valence-electron chi connectivity index (χ0n) is 10.9. The van der Waals surface area contributed by atoms with Crippen LogP contribution in [0, 0.1) is 0 Å². The van der Waals surface area contributed by atoms with Gasteiger partial charge in [-0.15, -0.1) is 5.10 Å². The molecule has 1 unspecified atom stereocenters. The van der Waals surface area contributed by atoms with Crippen LogP contribution < -0.4 is 5.32 Å². The van der Waals surface area contributed by atoms with E-state index in [1.807, 2.05) is 14.1 Å². The lowest BCUT2D eigenvalue weighted by atomic mass is 9.84. The third-order valence-electron chi connectivity index (χ3n) is 3.66. The van der Waals surface area contributed by atoms with Crippen LogP contribution in [0.5, 0.6) is 0 Å². The van der Waals surface area contributed by atoms with E-state index in [1.54, 1.807) is 11.8 Å². The summed E-state index contributed by atoms with van der Waals surface area (Å²) >= 11 is 3.46. The summed E-state index contributed by atoms with van der Waals surface area (Å²) in [6.45, 7) is 1.43. The molecule has 1 aliphatic heterocycles. The third-order valence-corrected chi connectivity index (χ3v) is 4.23. The average molecular weight is 319 g/mol. The molecule has 0 radical (unpaired) electrons. The lowest BCUT2D eigenvalue weighted by Gasteiger charge is -2.42. The second kappa shape index (κ2) is 5.64. The van der Waals surface area contributed by atoms with Gasteiger partial charge in [0.25, 0.3) is 0 Å². The minimum atomic E-state index is -0.273. The van der Waals surface area contributed by atoms with Crippen LogP contribution in [-0.4, -0.2) is 48.0 Å². The number of likely N-dealkylation sites (N-methyl/N-ethyl adjacent to an activating group) is 1. The van der Waals surface area contributed by atoms with E-state index in [-0.39, 0.29) is 11.6 Å². The van der Waals surface area contributed by atoms with E-state index in [9.17, 15) is 0 Å². The highest BCUT2D eigenvalue weighted by Crippen LogP contribution is 2.38. The highest BCUT2D eigenvalue weighted by atomic mass is 79.9. The van der Waals surface area contributed by atoms with Gasteiger partial charge >= 0.3 is 0 Å². The van der Waals surface area contributed by atoms with Crippen LogP contribution in [-0.2, 0) is 16.5 Å². The second-order valence-electron chi connectivity index (χ2n) is 4.49. The molecule has 0 saturated carbocycles. The first-order valence-electron chi connectivity index (χ1n) is 6.00. The van der Waals surface area contributed by atoms with Crippen LogP contribution in [0.2, 0.25) is 0 Å². The minimum absolute atomic E-state index is 0.0285. The fraction of sp³-hybridized carbons (Fsp3) is 0.818. The van der Waals surface area contributed by atoms with Gasteiger partial charge in [0.15, 0.2) is 4.60 Å². The molecule has 2 heterocycles. The molecule has 0 bridgehead atoms. The zero-order valence-corrected chi connectivity index (χ0v) is 12.5. The van der Waals surface area contributed by atoms with Crippen LogP contribution in [0.4, 0.5) is 0 Å². The molecule has 0 aromatic carbocycles. The molecule has 1 N–H and O–H groups in total. The lowest BCUT2D eigenvalue weighted by Crippen LogP contribution is -2.49. The Labute approximate surface area is 115 Å². The summed E-state index contributed by atoms with van der Waals surface area (Å²) in [6, 6.07) is 0.0285. The fourth-order valence-electron chi connectivity index (χ4n) is 2.62. The van der Waals surface area contributed by atoms with Gasteiger partial charge in [-0.1, -0.05) is 5.21 Å². The Morgan fingerprint density at radius 2 is 2.17 bits per heavy atom. The number of nitrogens with zero attached hydrogens (tertiary/aromatic N) is 3. The predicted octanol–water partition coefficient (Wildman–Crippen LogP) is 1.03. The van der Waals surface area contributed by atoms with Gasteiger partial charge in [-0.05, 0) is 23.0 Å². The van der Waals surface area contributed by atoms with Crippen LogP contribution in [0.3, 0.4) is 0 Å². The first-order chi connectivity index (χ1) is 8.64. The number of hydrogen-bond donors (Lipinski definition) is 1. The maximum atomic E-state index is 5.83. The molecule has 0 amide bonds. The topological polar surface area (TPSA) is 61.2 Å². The number of methoxy groups -OCH3 is 1. The van der Waals surface area contributed by atoms with Crippen molar-refractivity contribution in [3.63, 3.8) is 0 Å². The van der Waals surface area contributed by atoms with Crippen molar-refractivity contribution in [2.75, 3.05) is 27.4 Å². The third kappa shape index (κ3) is 2.32. The summed E-state index contributed by atoms with van der Waals surface area (Å²) in [5, 5.41) is 11.4. The van der Waals surface area contributed by atoms with E-state index >= 15 is 0 Å². The van der Waals surface area contributed by atoms with Gasteiger partial charge in [-0.3, -0.25) is 0 Å². The minimum Gasteiger partial charge on any atom is -0.381 e. The maximum Gasteiger partial charge on any atom is 0.153 e. The SMILES string of the molecule is CNC(c1c(Br)nnn1C)C1(OC)CCOCC1. The Bertz CT molecular complexity index is 384. The molecule has 1 aromatic rings. The van der Waals surface area contributed by atoms with E-state index in [0.29, 0.717) is 0 Å². The monoisotopic (exact) mass is 318 g/mol. The fourth-order valence-corrected chi connectivity index (χ4v) is 3.18. The molecule has 102 valence electrons. The molecule has 1 atom stereocenters. The molecule has 0 aliphatic carbocycles. The molecular formula is C11H19BrN4O2. The number of ether oxygens (including phenoxy) is 2. The van der Waals surface area contributed by atoms with Crippen molar-refractivity contribution in [3.8, 4) is 0 Å². The molecular weight excluding hydrogens is 300 g/mol. The molecule has 6 nitrogen and oxygen atoms in total. The van der Waals surface area contributed by atoms with Crippen molar-refractivity contribution in [1.82, 2.24) is 20.3 Å². The Morgan fingerprint density at radius 1 is 1.50 bits per heavy atom. The summed E-state index contributed by atoms with van der Waals surface area (Å²) in [6.07, 6.45) is 1.71. The molecule has 1 saturated heterocycles. The molecule has 18 heavy (non-hydrogen) atoms. The van der Waals surface area contributed by atoms with E-state index in [4.69, 9.17) is 9.47 Å². The van der Waals surface area contributed by atoms with Gasteiger partial charge in [0.05, 0.1) is 17.3 Å². The van der Waals surface area contributed by atoms with Crippen molar-refractivity contribution < 1.29 is 9.47 Å². The molecule has 7 heteroatoms. The van der Waals surface area contributed by atoms with E-state index < -0.39 is 0 Å². The summed E-state index contributed by atoms with van der Waals surface area (Å²) in [5.74, 6) is 0. The molecule has 1 aromatic heterocycles. The van der Waals surface area contributed by atoms with Crippen LogP contribution in [0.1, 0.15) is 24.6 Å². The Balaban J connectivity index is 2.37. The number of aryl methyl sites for hydroxylation is 1. The highest BCUT2D eigenvalue weighted by molar-refractivity contribution is 9.10.